The second-order valence-corrected chi connectivity index (χ2v) is 5.19. The summed E-state index contributed by atoms with van der Waals surface area (Å²) in [7, 11) is 0. The van der Waals surface area contributed by atoms with Crippen molar-refractivity contribution >= 4 is 5.69 Å². The molecule has 1 aromatic carbocycles. The van der Waals surface area contributed by atoms with Gasteiger partial charge in [0.2, 0.25) is 0 Å². The zero-order valence-corrected chi connectivity index (χ0v) is 11.8. The van der Waals surface area contributed by atoms with Crippen molar-refractivity contribution in [2.75, 3.05) is 11.9 Å². The Bertz CT molecular complexity index is 476. The van der Waals surface area contributed by atoms with Crippen molar-refractivity contribution in [1.29, 1.82) is 0 Å². The molecule has 19 heavy (non-hydrogen) atoms. The maximum atomic E-state index is 4.39. The first-order chi connectivity index (χ1) is 9.28. The molecule has 0 spiro atoms. The lowest BCUT2D eigenvalue weighted by Crippen LogP contribution is -2.10. The Morgan fingerprint density at radius 2 is 2.05 bits per heavy atom. The summed E-state index contributed by atoms with van der Waals surface area (Å²) < 4.78 is 1.97. The molecular formula is C16H23N3. The number of benzene rings is 1. The van der Waals surface area contributed by atoms with Crippen molar-refractivity contribution in [2.24, 2.45) is 5.92 Å². The average molecular weight is 257 g/mol. The van der Waals surface area contributed by atoms with Crippen molar-refractivity contribution in [2.45, 2.75) is 33.2 Å². The van der Waals surface area contributed by atoms with E-state index in [2.05, 4.69) is 54.7 Å². The first-order valence-corrected chi connectivity index (χ1v) is 7.08. The normalized spacial score (nSPS) is 12.3. The summed E-state index contributed by atoms with van der Waals surface area (Å²) in [5.74, 6) is 0.711. The Morgan fingerprint density at radius 3 is 2.79 bits per heavy atom. The zero-order valence-electron chi connectivity index (χ0n) is 11.8. The lowest BCUT2D eigenvalue weighted by molar-refractivity contribution is 0.550. The highest BCUT2D eigenvalue weighted by Gasteiger charge is 2.02. The lowest BCUT2D eigenvalue weighted by Gasteiger charge is -2.10. The van der Waals surface area contributed by atoms with Crippen molar-refractivity contribution in [3.63, 3.8) is 0 Å². The van der Waals surface area contributed by atoms with Gasteiger partial charge in [-0.05, 0) is 17.9 Å². The van der Waals surface area contributed by atoms with Crippen LogP contribution in [-0.2, 0) is 6.54 Å². The Hall–Kier alpha value is -1.77. The molecule has 1 unspecified atom stereocenters. The number of nitrogens with zero attached hydrogens (tertiary/aromatic N) is 2. The molecule has 2 rings (SSSR count). The third kappa shape index (κ3) is 4.43. The monoisotopic (exact) mass is 257 g/mol. The van der Waals surface area contributed by atoms with Gasteiger partial charge in [-0.3, -0.25) is 4.68 Å². The number of anilines is 1. The first kappa shape index (κ1) is 13.7. The number of nitrogens with one attached hydrogen (secondary N) is 1. The fourth-order valence-corrected chi connectivity index (χ4v) is 2.20. The fourth-order valence-electron chi connectivity index (χ4n) is 2.20. The Kier molecular flexibility index (Phi) is 5.01. The van der Waals surface area contributed by atoms with Crippen molar-refractivity contribution < 1.29 is 0 Å². The van der Waals surface area contributed by atoms with Crippen LogP contribution in [0.25, 0.3) is 0 Å². The van der Waals surface area contributed by atoms with Gasteiger partial charge in [-0.25, -0.2) is 0 Å². The number of rotatable bonds is 7. The van der Waals surface area contributed by atoms with Gasteiger partial charge in [-0.15, -0.1) is 0 Å². The quantitative estimate of drug-likeness (QED) is 0.818. The molecule has 0 aliphatic carbocycles. The molecule has 1 heterocycles. The van der Waals surface area contributed by atoms with Gasteiger partial charge in [-0.1, -0.05) is 50.6 Å². The number of hydrogen-bond donors (Lipinski definition) is 1. The van der Waals surface area contributed by atoms with Gasteiger partial charge >= 0.3 is 0 Å². The molecule has 0 aliphatic rings. The predicted octanol–water partition coefficient (Wildman–Crippen LogP) is 3.78. The van der Waals surface area contributed by atoms with Crippen LogP contribution in [-0.4, -0.2) is 16.3 Å². The lowest BCUT2D eigenvalue weighted by atomic mass is 10.1. The molecule has 0 saturated carbocycles. The molecule has 0 saturated heterocycles. The molecule has 0 radical (unpaired) electrons. The van der Waals surface area contributed by atoms with E-state index in [0.717, 1.165) is 18.8 Å². The minimum Gasteiger partial charge on any atom is -0.382 e. The molecule has 1 atom stereocenters. The Balaban J connectivity index is 1.85. The third-order valence-electron chi connectivity index (χ3n) is 3.26. The van der Waals surface area contributed by atoms with E-state index in [1.165, 1.54) is 18.4 Å². The van der Waals surface area contributed by atoms with Crippen LogP contribution in [0.1, 0.15) is 32.3 Å². The summed E-state index contributed by atoms with van der Waals surface area (Å²) in [4.78, 5) is 0. The van der Waals surface area contributed by atoms with E-state index in [1.54, 1.807) is 0 Å². The van der Waals surface area contributed by atoms with E-state index in [0.29, 0.717) is 5.92 Å². The van der Waals surface area contributed by atoms with Crippen LogP contribution in [0.5, 0.6) is 0 Å². The van der Waals surface area contributed by atoms with Crippen LogP contribution in [0.4, 0.5) is 5.69 Å². The van der Waals surface area contributed by atoms with E-state index in [1.807, 2.05) is 16.9 Å². The highest BCUT2D eigenvalue weighted by molar-refractivity contribution is 5.38. The van der Waals surface area contributed by atoms with Gasteiger partial charge in [0.15, 0.2) is 0 Å². The molecule has 3 nitrogen and oxygen atoms in total. The molecule has 0 bridgehead atoms. The van der Waals surface area contributed by atoms with E-state index < -0.39 is 0 Å². The Morgan fingerprint density at radius 1 is 1.26 bits per heavy atom. The molecule has 1 N–H and O–H groups in total. The highest BCUT2D eigenvalue weighted by Crippen LogP contribution is 2.10. The van der Waals surface area contributed by atoms with Gasteiger partial charge in [0, 0.05) is 12.7 Å². The van der Waals surface area contributed by atoms with Gasteiger partial charge in [0.05, 0.1) is 18.4 Å². The minimum absolute atomic E-state index is 0.711. The molecule has 2 aromatic rings. The predicted molar refractivity (Wildman–Crippen MR) is 80.3 cm³/mol. The zero-order chi connectivity index (χ0) is 13.5. The summed E-state index contributed by atoms with van der Waals surface area (Å²) in [5, 5.41) is 7.84. The first-order valence-electron chi connectivity index (χ1n) is 7.08. The topological polar surface area (TPSA) is 29.9 Å². The van der Waals surface area contributed by atoms with Crippen LogP contribution < -0.4 is 5.32 Å². The third-order valence-corrected chi connectivity index (χ3v) is 3.26. The van der Waals surface area contributed by atoms with E-state index >= 15 is 0 Å². The van der Waals surface area contributed by atoms with E-state index in [4.69, 9.17) is 0 Å². The fraction of sp³-hybridized carbons (Fsp3) is 0.438. The second-order valence-electron chi connectivity index (χ2n) is 5.19. The van der Waals surface area contributed by atoms with Crippen molar-refractivity contribution in [3.8, 4) is 0 Å². The smallest absolute Gasteiger partial charge is 0.0726 e. The summed E-state index contributed by atoms with van der Waals surface area (Å²) in [6, 6.07) is 10.4. The van der Waals surface area contributed by atoms with E-state index in [-0.39, 0.29) is 0 Å². The van der Waals surface area contributed by atoms with Crippen LogP contribution in [0.15, 0.2) is 42.7 Å². The standard InChI is InChI=1S/C16H23N3/c1-3-7-14(2)10-17-16-11-18-19(13-16)12-15-8-5-4-6-9-15/h4-6,8-9,11,13-14,17H,3,7,10,12H2,1-2H3. The molecular weight excluding hydrogens is 234 g/mol. The maximum Gasteiger partial charge on any atom is 0.0726 e. The summed E-state index contributed by atoms with van der Waals surface area (Å²) in [6.45, 7) is 6.36. The molecule has 0 fully saturated rings. The van der Waals surface area contributed by atoms with Crippen LogP contribution >= 0.6 is 0 Å². The van der Waals surface area contributed by atoms with Gasteiger partial charge in [-0.2, -0.15) is 5.10 Å². The minimum atomic E-state index is 0.711. The molecule has 0 aliphatic heterocycles. The van der Waals surface area contributed by atoms with Gasteiger partial charge < -0.3 is 5.32 Å². The molecule has 102 valence electrons. The van der Waals surface area contributed by atoms with Crippen LogP contribution in [0, 0.1) is 5.92 Å². The Labute approximate surface area is 115 Å². The molecule has 0 amide bonds. The van der Waals surface area contributed by atoms with Gasteiger partial charge in [0.1, 0.15) is 0 Å². The van der Waals surface area contributed by atoms with E-state index in [9.17, 15) is 0 Å². The highest BCUT2D eigenvalue weighted by atomic mass is 15.3. The summed E-state index contributed by atoms with van der Waals surface area (Å²) in [5.41, 5.74) is 2.38. The second kappa shape index (κ2) is 6.98. The SMILES string of the molecule is CCCC(C)CNc1cnn(Cc2ccccc2)c1. The summed E-state index contributed by atoms with van der Waals surface area (Å²) >= 11 is 0. The molecule has 1 aromatic heterocycles. The van der Waals surface area contributed by atoms with Crippen molar-refractivity contribution in [1.82, 2.24) is 9.78 Å². The number of aromatic nitrogens is 2. The maximum absolute atomic E-state index is 4.39. The summed E-state index contributed by atoms with van der Waals surface area (Å²) in [6.07, 6.45) is 6.49. The molecule has 3 heteroatoms. The number of hydrogen-bond acceptors (Lipinski definition) is 2. The average Bonchev–Trinajstić information content (AvgIpc) is 2.86. The van der Waals surface area contributed by atoms with Gasteiger partial charge in [0.25, 0.3) is 0 Å². The van der Waals surface area contributed by atoms with Crippen molar-refractivity contribution in [3.05, 3.63) is 48.3 Å². The van der Waals surface area contributed by atoms with Crippen LogP contribution in [0.2, 0.25) is 0 Å². The van der Waals surface area contributed by atoms with Crippen LogP contribution in [0.3, 0.4) is 0 Å². The largest absolute Gasteiger partial charge is 0.382 e.